The molecule has 0 atom stereocenters. The number of rotatable bonds is 4. The third kappa shape index (κ3) is 3.31. The normalized spacial score (nSPS) is 10.5. The molecule has 4 nitrogen and oxygen atoms in total. The van der Waals surface area contributed by atoms with Crippen LogP contribution in [0.15, 0.2) is 59.0 Å². The van der Waals surface area contributed by atoms with Crippen LogP contribution in [0.1, 0.15) is 28.7 Å². The van der Waals surface area contributed by atoms with Gasteiger partial charge in [-0.2, -0.15) is 0 Å². The Labute approximate surface area is 135 Å². The Kier molecular flexibility index (Phi) is 4.24. The molecular weight excluding hydrogens is 288 g/mol. The Morgan fingerprint density at radius 1 is 1.13 bits per heavy atom. The molecule has 1 heterocycles. The lowest BCUT2D eigenvalue weighted by atomic mass is 10.1. The molecular formula is C19H18N2O2. The second-order valence-corrected chi connectivity index (χ2v) is 5.30. The van der Waals surface area contributed by atoms with Crippen LogP contribution < -0.4 is 5.32 Å². The first-order chi connectivity index (χ1) is 11.2. The Morgan fingerprint density at radius 2 is 1.91 bits per heavy atom. The van der Waals surface area contributed by atoms with E-state index in [1.54, 1.807) is 6.92 Å². The van der Waals surface area contributed by atoms with Crippen LogP contribution in [-0.4, -0.2) is 10.9 Å². The van der Waals surface area contributed by atoms with Crippen molar-refractivity contribution in [3.8, 4) is 11.5 Å². The van der Waals surface area contributed by atoms with Gasteiger partial charge >= 0.3 is 0 Å². The number of aromatic nitrogens is 1. The van der Waals surface area contributed by atoms with Gasteiger partial charge in [-0.1, -0.05) is 37.3 Å². The number of hydrogen-bond donors (Lipinski definition) is 1. The molecule has 0 radical (unpaired) electrons. The first-order valence-corrected chi connectivity index (χ1v) is 7.60. The number of benzene rings is 2. The van der Waals surface area contributed by atoms with Crippen molar-refractivity contribution < 1.29 is 9.21 Å². The summed E-state index contributed by atoms with van der Waals surface area (Å²) in [5.41, 5.74) is 3.09. The lowest BCUT2D eigenvalue weighted by Crippen LogP contribution is -2.13. The van der Waals surface area contributed by atoms with Crippen molar-refractivity contribution in [3.63, 3.8) is 0 Å². The average Bonchev–Trinajstić information content (AvgIpc) is 2.98. The zero-order valence-corrected chi connectivity index (χ0v) is 13.2. The van der Waals surface area contributed by atoms with E-state index in [1.807, 2.05) is 54.6 Å². The van der Waals surface area contributed by atoms with Gasteiger partial charge in [-0.15, -0.1) is 0 Å². The van der Waals surface area contributed by atoms with E-state index in [-0.39, 0.29) is 5.91 Å². The minimum absolute atomic E-state index is 0.262. The van der Waals surface area contributed by atoms with Crippen molar-refractivity contribution >= 4 is 11.6 Å². The first-order valence-electron chi connectivity index (χ1n) is 7.60. The topological polar surface area (TPSA) is 55.1 Å². The van der Waals surface area contributed by atoms with Gasteiger partial charge in [0.05, 0.1) is 0 Å². The molecule has 3 aromatic rings. The molecule has 0 spiro atoms. The summed E-state index contributed by atoms with van der Waals surface area (Å²) in [5.74, 6) is 0.699. The molecule has 0 aliphatic carbocycles. The molecule has 2 aromatic carbocycles. The lowest BCUT2D eigenvalue weighted by molar-refractivity contribution is 0.102. The van der Waals surface area contributed by atoms with Crippen LogP contribution >= 0.6 is 0 Å². The number of nitrogens with one attached hydrogen (secondary N) is 1. The van der Waals surface area contributed by atoms with Crippen LogP contribution in [-0.2, 0) is 6.42 Å². The van der Waals surface area contributed by atoms with Crippen LogP contribution in [0.3, 0.4) is 0 Å². The summed E-state index contributed by atoms with van der Waals surface area (Å²) in [4.78, 5) is 16.8. The van der Waals surface area contributed by atoms with Crippen molar-refractivity contribution in [2.45, 2.75) is 20.3 Å². The number of carbonyl (C=O) groups is 1. The van der Waals surface area contributed by atoms with Gasteiger partial charge in [-0.25, -0.2) is 4.98 Å². The number of hydrogen-bond acceptors (Lipinski definition) is 3. The number of anilines is 1. The number of oxazole rings is 1. The summed E-state index contributed by atoms with van der Waals surface area (Å²) in [6.45, 7) is 3.83. The highest BCUT2D eigenvalue weighted by atomic mass is 16.4. The van der Waals surface area contributed by atoms with E-state index in [0.29, 0.717) is 17.3 Å². The Hall–Kier alpha value is -2.88. The van der Waals surface area contributed by atoms with Crippen molar-refractivity contribution in [3.05, 3.63) is 71.6 Å². The van der Waals surface area contributed by atoms with Gasteiger partial charge in [-0.05, 0) is 43.2 Å². The number of carbonyl (C=O) groups excluding carboxylic acids is 1. The van der Waals surface area contributed by atoms with Crippen molar-refractivity contribution in [1.29, 1.82) is 0 Å². The van der Waals surface area contributed by atoms with Gasteiger partial charge in [0.1, 0.15) is 5.76 Å². The maximum atomic E-state index is 12.4. The van der Waals surface area contributed by atoms with Gasteiger partial charge in [0.25, 0.3) is 5.91 Å². The fourth-order valence-corrected chi connectivity index (χ4v) is 2.37. The minimum atomic E-state index is -0.262. The van der Waals surface area contributed by atoms with E-state index in [0.717, 1.165) is 17.7 Å². The second kappa shape index (κ2) is 6.48. The highest BCUT2D eigenvalue weighted by molar-refractivity contribution is 6.03. The molecule has 4 heteroatoms. The Morgan fingerprint density at radius 3 is 2.65 bits per heavy atom. The number of nitrogens with zero attached hydrogens (tertiary/aromatic N) is 1. The van der Waals surface area contributed by atoms with Gasteiger partial charge in [0.2, 0.25) is 5.89 Å². The zero-order valence-electron chi connectivity index (χ0n) is 13.2. The van der Waals surface area contributed by atoms with Crippen LogP contribution in [0, 0.1) is 6.92 Å². The molecule has 1 N–H and O–H groups in total. The standard InChI is InChI=1S/C19H18N2O2/c1-3-14-8-7-11-16(12-14)20-18(22)17-13(2)23-19(21-17)15-9-5-4-6-10-15/h4-12H,3H2,1-2H3,(H,20,22). The molecule has 0 aliphatic rings. The smallest absolute Gasteiger partial charge is 0.277 e. The molecule has 23 heavy (non-hydrogen) atoms. The van der Waals surface area contributed by atoms with Crippen molar-refractivity contribution in [2.24, 2.45) is 0 Å². The highest BCUT2D eigenvalue weighted by Gasteiger charge is 2.18. The van der Waals surface area contributed by atoms with E-state index < -0.39 is 0 Å². The van der Waals surface area contributed by atoms with Crippen LogP contribution in [0.5, 0.6) is 0 Å². The molecule has 1 aromatic heterocycles. The van der Waals surface area contributed by atoms with Crippen LogP contribution in [0.2, 0.25) is 0 Å². The predicted octanol–water partition coefficient (Wildman–Crippen LogP) is 4.46. The first kappa shape index (κ1) is 15.0. The SMILES string of the molecule is CCc1cccc(NC(=O)c2nc(-c3ccccc3)oc2C)c1. The number of amides is 1. The Bertz CT molecular complexity index is 822. The van der Waals surface area contributed by atoms with E-state index >= 15 is 0 Å². The van der Waals surface area contributed by atoms with Crippen molar-refractivity contribution in [1.82, 2.24) is 4.98 Å². The molecule has 0 fully saturated rings. The highest BCUT2D eigenvalue weighted by Crippen LogP contribution is 2.22. The summed E-state index contributed by atoms with van der Waals surface area (Å²) < 4.78 is 5.63. The third-order valence-electron chi connectivity index (χ3n) is 3.63. The van der Waals surface area contributed by atoms with Crippen LogP contribution in [0.4, 0.5) is 5.69 Å². The zero-order chi connectivity index (χ0) is 16.2. The predicted molar refractivity (Wildman–Crippen MR) is 90.4 cm³/mol. The monoisotopic (exact) mass is 306 g/mol. The van der Waals surface area contributed by atoms with Gasteiger partial charge in [0.15, 0.2) is 5.69 Å². The summed E-state index contributed by atoms with van der Waals surface area (Å²) in [6, 6.07) is 17.3. The summed E-state index contributed by atoms with van der Waals surface area (Å²) in [7, 11) is 0. The van der Waals surface area contributed by atoms with E-state index in [1.165, 1.54) is 5.56 Å². The van der Waals surface area contributed by atoms with Gasteiger partial charge in [-0.3, -0.25) is 4.79 Å². The van der Waals surface area contributed by atoms with Crippen molar-refractivity contribution in [2.75, 3.05) is 5.32 Å². The lowest BCUT2D eigenvalue weighted by Gasteiger charge is -2.05. The maximum absolute atomic E-state index is 12.4. The molecule has 0 aliphatic heterocycles. The van der Waals surface area contributed by atoms with Gasteiger partial charge in [0, 0.05) is 11.3 Å². The minimum Gasteiger partial charge on any atom is -0.441 e. The quantitative estimate of drug-likeness (QED) is 0.774. The molecule has 116 valence electrons. The largest absolute Gasteiger partial charge is 0.441 e. The molecule has 3 rings (SSSR count). The summed E-state index contributed by atoms with van der Waals surface area (Å²) in [6.07, 6.45) is 0.921. The molecule has 0 saturated heterocycles. The molecule has 0 unspecified atom stereocenters. The van der Waals surface area contributed by atoms with E-state index in [2.05, 4.69) is 17.2 Å². The number of aryl methyl sites for hydroxylation is 2. The second-order valence-electron chi connectivity index (χ2n) is 5.30. The fraction of sp³-hybridized carbons (Fsp3) is 0.158. The molecule has 0 saturated carbocycles. The third-order valence-corrected chi connectivity index (χ3v) is 3.63. The fourth-order valence-electron chi connectivity index (χ4n) is 2.37. The molecule has 1 amide bonds. The van der Waals surface area contributed by atoms with E-state index in [4.69, 9.17) is 4.42 Å². The average molecular weight is 306 g/mol. The summed E-state index contributed by atoms with van der Waals surface area (Å²) in [5, 5.41) is 2.88. The maximum Gasteiger partial charge on any atom is 0.277 e. The van der Waals surface area contributed by atoms with E-state index in [9.17, 15) is 4.79 Å². The summed E-state index contributed by atoms with van der Waals surface area (Å²) >= 11 is 0. The van der Waals surface area contributed by atoms with Gasteiger partial charge < -0.3 is 9.73 Å². The van der Waals surface area contributed by atoms with Crippen LogP contribution in [0.25, 0.3) is 11.5 Å². The molecule has 0 bridgehead atoms. The Balaban J connectivity index is 1.84.